The van der Waals surface area contributed by atoms with Gasteiger partial charge in [-0.15, -0.1) is 0 Å². The van der Waals surface area contributed by atoms with E-state index in [1.165, 1.54) is 0 Å². The number of piperidine rings is 1. The van der Waals surface area contributed by atoms with Crippen molar-refractivity contribution in [2.24, 2.45) is 0 Å². The predicted molar refractivity (Wildman–Crippen MR) is 51.5 cm³/mol. The van der Waals surface area contributed by atoms with E-state index in [0.717, 1.165) is 6.54 Å². The molecule has 0 spiro atoms. The summed E-state index contributed by atoms with van der Waals surface area (Å²) in [5.74, 6) is 0.218. The van der Waals surface area contributed by atoms with E-state index < -0.39 is 9.84 Å². The van der Waals surface area contributed by atoms with Crippen molar-refractivity contribution in [2.75, 3.05) is 26.0 Å². The number of sulfone groups is 1. The third-order valence-electron chi connectivity index (χ3n) is 2.51. The molecule has 2 unspecified atom stereocenters. The summed E-state index contributed by atoms with van der Waals surface area (Å²) in [6.07, 6.45) is 0.666. The molecule has 4 nitrogen and oxygen atoms in total. The van der Waals surface area contributed by atoms with Crippen molar-refractivity contribution < 1.29 is 13.2 Å². The van der Waals surface area contributed by atoms with Gasteiger partial charge in [-0.3, -0.25) is 0 Å². The zero-order valence-electron chi connectivity index (χ0n) is 8.12. The molecule has 0 radical (unpaired) electrons. The Labute approximate surface area is 79.6 Å². The fourth-order valence-corrected chi connectivity index (χ4v) is 2.91. The van der Waals surface area contributed by atoms with Crippen LogP contribution in [0.2, 0.25) is 0 Å². The second-order valence-corrected chi connectivity index (χ2v) is 5.89. The number of hydrogen-bond donors (Lipinski definition) is 1. The molecule has 0 aromatic rings. The summed E-state index contributed by atoms with van der Waals surface area (Å²) in [7, 11) is -1.29. The smallest absolute Gasteiger partial charge is 0.154 e. The molecule has 0 amide bonds. The lowest BCUT2D eigenvalue weighted by molar-refractivity contribution is 0.0820. The highest BCUT2D eigenvalue weighted by molar-refractivity contribution is 7.92. The SMILES string of the molecule is CCS(=O)(=O)C1CNCC(OC)C1. The summed E-state index contributed by atoms with van der Waals surface area (Å²) in [6.45, 7) is 3.01. The normalized spacial score (nSPS) is 30.3. The molecular weight excluding hydrogens is 190 g/mol. The molecule has 1 fully saturated rings. The highest BCUT2D eigenvalue weighted by Crippen LogP contribution is 2.14. The van der Waals surface area contributed by atoms with Crippen LogP contribution in [0.5, 0.6) is 0 Å². The molecule has 78 valence electrons. The van der Waals surface area contributed by atoms with E-state index in [1.54, 1.807) is 14.0 Å². The van der Waals surface area contributed by atoms with Gasteiger partial charge in [-0.25, -0.2) is 8.42 Å². The number of rotatable bonds is 3. The van der Waals surface area contributed by atoms with Gasteiger partial charge in [-0.1, -0.05) is 6.92 Å². The van der Waals surface area contributed by atoms with Crippen molar-refractivity contribution in [2.45, 2.75) is 24.7 Å². The largest absolute Gasteiger partial charge is 0.380 e. The summed E-state index contributed by atoms with van der Waals surface area (Å²) < 4.78 is 28.2. The first kappa shape index (κ1) is 10.9. The first-order valence-electron chi connectivity index (χ1n) is 4.55. The van der Waals surface area contributed by atoms with Crippen molar-refractivity contribution >= 4 is 9.84 Å². The maximum atomic E-state index is 11.5. The highest BCUT2D eigenvalue weighted by atomic mass is 32.2. The van der Waals surface area contributed by atoms with Crippen LogP contribution >= 0.6 is 0 Å². The van der Waals surface area contributed by atoms with E-state index >= 15 is 0 Å². The van der Waals surface area contributed by atoms with Crippen LogP contribution in [-0.4, -0.2) is 45.7 Å². The van der Waals surface area contributed by atoms with E-state index in [4.69, 9.17) is 4.74 Å². The van der Waals surface area contributed by atoms with Crippen molar-refractivity contribution in [3.63, 3.8) is 0 Å². The number of hydrogen-bond acceptors (Lipinski definition) is 4. The molecule has 0 aromatic carbocycles. The van der Waals surface area contributed by atoms with E-state index in [2.05, 4.69) is 5.32 Å². The van der Waals surface area contributed by atoms with E-state index in [-0.39, 0.29) is 17.1 Å². The van der Waals surface area contributed by atoms with Crippen LogP contribution in [0.15, 0.2) is 0 Å². The summed E-state index contributed by atoms with van der Waals surface area (Å²) in [5, 5.41) is 2.80. The zero-order chi connectivity index (χ0) is 9.90. The minimum absolute atomic E-state index is 0.0417. The van der Waals surface area contributed by atoms with Crippen LogP contribution < -0.4 is 5.32 Å². The van der Waals surface area contributed by atoms with Crippen LogP contribution in [-0.2, 0) is 14.6 Å². The molecule has 13 heavy (non-hydrogen) atoms. The Bertz CT molecular complexity index is 250. The van der Waals surface area contributed by atoms with Crippen molar-refractivity contribution in [3.8, 4) is 0 Å². The second-order valence-electron chi connectivity index (χ2n) is 3.33. The molecule has 1 heterocycles. The standard InChI is InChI=1S/C8H17NO3S/c1-3-13(10,11)8-4-7(12-2)5-9-6-8/h7-9H,3-6H2,1-2H3. The van der Waals surface area contributed by atoms with Crippen molar-refractivity contribution in [1.82, 2.24) is 5.32 Å². The summed E-state index contributed by atoms with van der Waals surface area (Å²) >= 11 is 0. The number of methoxy groups -OCH3 is 1. The number of nitrogens with one attached hydrogen (secondary N) is 1. The lowest BCUT2D eigenvalue weighted by atomic mass is 10.1. The molecule has 1 aliphatic rings. The Morgan fingerprint density at radius 1 is 1.46 bits per heavy atom. The molecule has 0 aliphatic carbocycles. The average Bonchev–Trinajstić information content (AvgIpc) is 2.18. The maximum absolute atomic E-state index is 11.5. The first-order chi connectivity index (χ1) is 6.10. The van der Waals surface area contributed by atoms with E-state index in [0.29, 0.717) is 13.0 Å². The minimum Gasteiger partial charge on any atom is -0.380 e. The van der Waals surface area contributed by atoms with Gasteiger partial charge in [0, 0.05) is 26.0 Å². The Morgan fingerprint density at radius 3 is 2.69 bits per heavy atom. The summed E-state index contributed by atoms with van der Waals surface area (Å²) in [4.78, 5) is 0. The molecule has 2 atom stereocenters. The molecule has 1 aliphatic heterocycles. The van der Waals surface area contributed by atoms with Crippen LogP contribution in [0.4, 0.5) is 0 Å². The Hall–Kier alpha value is -0.130. The monoisotopic (exact) mass is 207 g/mol. The van der Waals surface area contributed by atoms with Gasteiger partial charge in [0.15, 0.2) is 9.84 Å². The van der Waals surface area contributed by atoms with Crippen molar-refractivity contribution in [1.29, 1.82) is 0 Å². The van der Waals surface area contributed by atoms with Gasteiger partial charge in [0.25, 0.3) is 0 Å². The van der Waals surface area contributed by atoms with Gasteiger partial charge in [-0.2, -0.15) is 0 Å². The van der Waals surface area contributed by atoms with Gasteiger partial charge in [0.2, 0.25) is 0 Å². The van der Waals surface area contributed by atoms with Crippen LogP contribution in [0.1, 0.15) is 13.3 Å². The Morgan fingerprint density at radius 2 is 2.15 bits per heavy atom. The van der Waals surface area contributed by atoms with E-state index in [1.807, 2.05) is 0 Å². The summed E-state index contributed by atoms with van der Waals surface area (Å²) in [5.41, 5.74) is 0. The highest BCUT2D eigenvalue weighted by Gasteiger charge is 2.30. The van der Waals surface area contributed by atoms with Crippen LogP contribution in [0.25, 0.3) is 0 Å². The molecule has 0 aromatic heterocycles. The fourth-order valence-electron chi connectivity index (χ4n) is 1.55. The van der Waals surface area contributed by atoms with Gasteiger partial charge in [0.05, 0.1) is 11.4 Å². The molecule has 5 heteroatoms. The topological polar surface area (TPSA) is 55.4 Å². The van der Waals surface area contributed by atoms with Crippen molar-refractivity contribution in [3.05, 3.63) is 0 Å². The van der Waals surface area contributed by atoms with Crippen LogP contribution in [0.3, 0.4) is 0 Å². The average molecular weight is 207 g/mol. The molecule has 1 N–H and O–H groups in total. The lowest BCUT2D eigenvalue weighted by Crippen LogP contribution is -2.46. The van der Waals surface area contributed by atoms with Crippen LogP contribution in [0, 0.1) is 0 Å². The van der Waals surface area contributed by atoms with Gasteiger partial charge in [-0.05, 0) is 6.42 Å². The molecule has 0 saturated carbocycles. The third kappa shape index (κ3) is 2.65. The Balaban J connectivity index is 2.61. The molecule has 1 rings (SSSR count). The molecule has 0 bridgehead atoms. The van der Waals surface area contributed by atoms with Gasteiger partial charge < -0.3 is 10.1 Å². The first-order valence-corrected chi connectivity index (χ1v) is 6.26. The van der Waals surface area contributed by atoms with Gasteiger partial charge >= 0.3 is 0 Å². The zero-order valence-corrected chi connectivity index (χ0v) is 8.93. The second kappa shape index (κ2) is 4.39. The third-order valence-corrected chi connectivity index (χ3v) is 4.69. The quantitative estimate of drug-likeness (QED) is 0.696. The lowest BCUT2D eigenvalue weighted by Gasteiger charge is -2.28. The minimum atomic E-state index is -2.91. The van der Waals surface area contributed by atoms with E-state index in [9.17, 15) is 8.42 Å². The molecular formula is C8H17NO3S. The Kier molecular flexibility index (Phi) is 3.70. The number of ether oxygens (including phenoxy) is 1. The fraction of sp³-hybridized carbons (Fsp3) is 1.00. The predicted octanol–water partition coefficient (Wildman–Crippen LogP) is -0.202. The maximum Gasteiger partial charge on any atom is 0.154 e. The molecule has 1 saturated heterocycles. The summed E-state index contributed by atoms with van der Waals surface area (Å²) in [6, 6.07) is 0. The van der Waals surface area contributed by atoms with Gasteiger partial charge in [0.1, 0.15) is 0 Å².